The van der Waals surface area contributed by atoms with Gasteiger partial charge in [0, 0.05) is 0 Å². The molecule has 0 aliphatic rings. The first-order chi connectivity index (χ1) is 20.3. The first-order valence-electron chi connectivity index (χ1n) is 18.0. The number of thioether (sulfide) groups is 1. The highest BCUT2D eigenvalue weighted by Gasteiger charge is 2.14. The topological polar surface area (TPSA) is 0 Å². The fraction of sp³-hybridized carbons (Fsp3) is 0.700. The minimum Gasteiger partial charge on any atom is -0.161 e. The van der Waals surface area contributed by atoms with E-state index in [1.165, 1.54) is 164 Å². The van der Waals surface area contributed by atoms with Gasteiger partial charge >= 0.3 is 0 Å². The Hall–Kier alpha value is -1.21. The second kappa shape index (κ2) is 26.4. The highest BCUT2D eigenvalue weighted by molar-refractivity contribution is 7.99. The van der Waals surface area contributed by atoms with Crippen molar-refractivity contribution in [3.63, 3.8) is 0 Å². The highest BCUT2D eigenvalue weighted by atomic mass is 32.2. The van der Waals surface area contributed by atoms with Crippen LogP contribution in [0.4, 0.5) is 0 Å². The largest absolute Gasteiger partial charge is 0.161 e. The van der Waals surface area contributed by atoms with Crippen LogP contribution in [-0.4, -0.2) is 11.5 Å². The predicted molar refractivity (Wildman–Crippen MR) is 188 cm³/mol. The van der Waals surface area contributed by atoms with E-state index in [2.05, 4.69) is 86.3 Å². The Labute approximate surface area is 261 Å². The number of benzene rings is 2. The molecule has 0 nitrogen and oxygen atoms in total. The molecule has 0 spiro atoms. The van der Waals surface area contributed by atoms with Gasteiger partial charge in [-0.1, -0.05) is 177 Å². The Morgan fingerprint density at radius 1 is 0.415 bits per heavy atom. The van der Waals surface area contributed by atoms with Crippen LogP contribution in [0, 0.1) is 11.8 Å². The minimum atomic E-state index is 0.873. The molecule has 0 bridgehead atoms. The molecule has 232 valence electrons. The zero-order chi connectivity index (χ0) is 29.1. The van der Waals surface area contributed by atoms with Gasteiger partial charge in [-0.2, -0.15) is 11.8 Å². The van der Waals surface area contributed by atoms with E-state index in [0.29, 0.717) is 0 Å². The first kappa shape index (κ1) is 36.0. The third kappa shape index (κ3) is 20.4. The Balaban J connectivity index is 1.77. The lowest BCUT2D eigenvalue weighted by atomic mass is 9.95. The maximum atomic E-state index is 2.32. The summed E-state index contributed by atoms with van der Waals surface area (Å²) in [5.74, 6) is 4.47. The third-order valence-electron chi connectivity index (χ3n) is 9.01. The Bertz CT molecular complexity index is 717. The summed E-state index contributed by atoms with van der Waals surface area (Å²) in [5, 5.41) is 0. The lowest BCUT2D eigenvalue weighted by molar-refractivity contribution is 0.453. The van der Waals surface area contributed by atoms with E-state index in [1.807, 2.05) is 0 Å². The van der Waals surface area contributed by atoms with E-state index in [0.717, 1.165) is 11.8 Å². The number of unbranched alkanes of at least 4 members (excludes halogenated alkanes) is 14. The maximum absolute atomic E-state index is 2.32. The van der Waals surface area contributed by atoms with Crippen LogP contribution in [-0.2, 0) is 12.8 Å². The fourth-order valence-electron chi connectivity index (χ4n) is 6.19. The van der Waals surface area contributed by atoms with Gasteiger partial charge in [0.25, 0.3) is 0 Å². The second-order valence-electron chi connectivity index (χ2n) is 12.8. The van der Waals surface area contributed by atoms with E-state index in [-0.39, 0.29) is 0 Å². The molecule has 0 N–H and O–H groups in total. The smallest absolute Gasteiger partial charge is 0.00389 e. The zero-order valence-corrected chi connectivity index (χ0v) is 28.1. The van der Waals surface area contributed by atoms with Crippen molar-refractivity contribution in [2.75, 3.05) is 11.5 Å². The van der Waals surface area contributed by atoms with Gasteiger partial charge in [-0.3, -0.25) is 0 Å². The summed E-state index contributed by atoms with van der Waals surface area (Å²) in [6.07, 6.45) is 31.0. The Morgan fingerprint density at radius 2 is 0.756 bits per heavy atom. The van der Waals surface area contributed by atoms with Crippen molar-refractivity contribution in [2.24, 2.45) is 11.8 Å². The Kier molecular flexibility index (Phi) is 23.2. The maximum Gasteiger partial charge on any atom is -0.00389 e. The molecular formula is C40H66S. The highest BCUT2D eigenvalue weighted by Crippen LogP contribution is 2.27. The van der Waals surface area contributed by atoms with E-state index in [1.54, 1.807) is 0 Å². The van der Waals surface area contributed by atoms with Crippen molar-refractivity contribution in [1.82, 2.24) is 0 Å². The van der Waals surface area contributed by atoms with Gasteiger partial charge in [0.1, 0.15) is 0 Å². The summed E-state index contributed by atoms with van der Waals surface area (Å²) in [4.78, 5) is 0. The monoisotopic (exact) mass is 578 g/mol. The van der Waals surface area contributed by atoms with Crippen molar-refractivity contribution in [1.29, 1.82) is 0 Å². The molecule has 2 unspecified atom stereocenters. The van der Waals surface area contributed by atoms with Crippen molar-refractivity contribution >= 4 is 11.8 Å². The van der Waals surface area contributed by atoms with Gasteiger partial charge in [0.15, 0.2) is 0 Å². The molecule has 41 heavy (non-hydrogen) atoms. The molecule has 0 radical (unpaired) electrons. The van der Waals surface area contributed by atoms with Crippen LogP contribution in [0.5, 0.6) is 0 Å². The minimum absolute atomic E-state index is 0.873. The summed E-state index contributed by atoms with van der Waals surface area (Å²) in [7, 11) is 0. The molecule has 0 aliphatic heterocycles. The van der Waals surface area contributed by atoms with Gasteiger partial charge in [-0.05, 0) is 73.0 Å². The molecule has 2 aromatic rings. The molecule has 0 amide bonds. The lowest BCUT2D eigenvalue weighted by Gasteiger charge is -2.20. The quantitative estimate of drug-likeness (QED) is 0.0905. The average Bonchev–Trinajstić information content (AvgIpc) is 3.01. The van der Waals surface area contributed by atoms with E-state index in [4.69, 9.17) is 0 Å². The molecular weight excluding hydrogens is 513 g/mol. The molecule has 2 aromatic carbocycles. The van der Waals surface area contributed by atoms with Crippen LogP contribution in [0.25, 0.3) is 0 Å². The van der Waals surface area contributed by atoms with Crippen molar-refractivity contribution in [3.05, 3.63) is 71.8 Å². The van der Waals surface area contributed by atoms with E-state index >= 15 is 0 Å². The molecule has 0 fully saturated rings. The molecule has 2 atom stereocenters. The van der Waals surface area contributed by atoms with Gasteiger partial charge in [0.2, 0.25) is 0 Å². The van der Waals surface area contributed by atoms with Gasteiger partial charge in [0.05, 0.1) is 0 Å². The van der Waals surface area contributed by atoms with Crippen molar-refractivity contribution in [2.45, 2.75) is 155 Å². The molecule has 0 saturated carbocycles. The number of hydrogen-bond donors (Lipinski definition) is 0. The van der Waals surface area contributed by atoms with E-state index in [9.17, 15) is 0 Å². The van der Waals surface area contributed by atoms with Gasteiger partial charge in [-0.15, -0.1) is 0 Å². The summed E-state index contributed by atoms with van der Waals surface area (Å²) >= 11 is 2.29. The SMILES string of the molecule is CCCCCCCCCCC(CCc1ccccc1)CSCC(CCCCCCCCCC)CCc1ccccc1. The Morgan fingerprint density at radius 3 is 1.12 bits per heavy atom. The number of aryl methyl sites for hydroxylation is 2. The van der Waals surface area contributed by atoms with Gasteiger partial charge < -0.3 is 0 Å². The van der Waals surface area contributed by atoms with Gasteiger partial charge in [-0.25, -0.2) is 0 Å². The third-order valence-corrected chi connectivity index (χ3v) is 10.4. The van der Waals surface area contributed by atoms with Crippen LogP contribution in [0.1, 0.15) is 153 Å². The van der Waals surface area contributed by atoms with Crippen molar-refractivity contribution in [3.8, 4) is 0 Å². The number of hydrogen-bond acceptors (Lipinski definition) is 1. The summed E-state index contributed by atoms with van der Waals surface area (Å²) < 4.78 is 0. The normalized spacial score (nSPS) is 12.9. The standard InChI is InChI=1S/C40H66S/c1-3-5-7-9-11-13-15-19-29-39(33-31-37-25-21-17-22-26-37)35-41-36-40(34-32-38-27-23-18-24-28-38)30-20-16-14-12-10-8-6-4-2/h17-18,21-28,39-40H,3-16,19-20,29-36H2,1-2H3. The molecule has 2 rings (SSSR count). The predicted octanol–water partition coefficient (Wildman–Crippen LogP) is 13.3. The molecule has 1 heteroatoms. The molecule has 0 aliphatic carbocycles. The van der Waals surface area contributed by atoms with Crippen molar-refractivity contribution < 1.29 is 0 Å². The average molecular weight is 579 g/mol. The second-order valence-corrected chi connectivity index (χ2v) is 13.9. The molecule has 0 heterocycles. The molecule has 0 saturated heterocycles. The van der Waals surface area contributed by atoms with Crippen LogP contribution >= 0.6 is 11.8 Å². The van der Waals surface area contributed by atoms with Crippen LogP contribution < -0.4 is 0 Å². The summed E-state index contributed by atoms with van der Waals surface area (Å²) in [6.45, 7) is 4.63. The van der Waals surface area contributed by atoms with Crippen LogP contribution in [0.3, 0.4) is 0 Å². The number of rotatable bonds is 28. The lowest BCUT2D eigenvalue weighted by Crippen LogP contribution is -2.11. The molecule has 0 aromatic heterocycles. The van der Waals surface area contributed by atoms with Crippen LogP contribution in [0.2, 0.25) is 0 Å². The first-order valence-corrected chi connectivity index (χ1v) is 19.1. The summed E-state index contributed by atoms with van der Waals surface area (Å²) in [6, 6.07) is 22.4. The fourth-order valence-corrected chi connectivity index (χ4v) is 7.66. The van der Waals surface area contributed by atoms with Crippen LogP contribution in [0.15, 0.2) is 60.7 Å². The van der Waals surface area contributed by atoms with E-state index < -0.39 is 0 Å². The zero-order valence-electron chi connectivity index (χ0n) is 27.3. The summed E-state index contributed by atoms with van der Waals surface area (Å²) in [5.41, 5.74) is 3.04.